The predicted molar refractivity (Wildman–Crippen MR) is 117 cm³/mol. The smallest absolute Gasteiger partial charge is 0.253 e. The summed E-state index contributed by atoms with van der Waals surface area (Å²) < 4.78 is 31.1. The Morgan fingerprint density at radius 1 is 1.16 bits per heavy atom. The molecule has 31 heavy (non-hydrogen) atoms. The molecule has 0 aliphatic carbocycles. The summed E-state index contributed by atoms with van der Waals surface area (Å²) in [4.78, 5) is 24.4. The summed E-state index contributed by atoms with van der Waals surface area (Å²) in [6, 6.07) is 12.2. The molecule has 0 unspecified atom stereocenters. The lowest BCUT2D eigenvalue weighted by atomic mass is 10.1. The van der Waals surface area contributed by atoms with Crippen molar-refractivity contribution in [2.24, 2.45) is 0 Å². The lowest BCUT2D eigenvalue weighted by Crippen LogP contribution is -2.26. The van der Waals surface area contributed by atoms with Gasteiger partial charge in [-0.3, -0.25) is 9.52 Å². The van der Waals surface area contributed by atoms with E-state index in [0.717, 1.165) is 5.56 Å². The fraction of sp³-hybridized carbons (Fsp3) is 0.190. The van der Waals surface area contributed by atoms with E-state index in [4.69, 9.17) is 4.42 Å². The van der Waals surface area contributed by atoms with Crippen LogP contribution in [0.25, 0.3) is 22.7 Å². The zero-order chi connectivity index (χ0) is 21.8. The number of amides is 1. The number of sulfonamides is 1. The highest BCUT2D eigenvalue weighted by atomic mass is 32.2. The first-order valence-electron chi connectivity index (χ1n) is 9.71. The van der Waals surface area contributed by atoms with E-state index in [2.05, 4.69) is 25.0 Å². The van der Waals surface area contributed by atoms with Crippen LogP contribution in [0.1, 0.15) is 22.8 Å². The highest BCUT2D eigenvalue weighted by molar-refractivity contribution is 7.92. The Bertz CT molecular complexity index is 1300. The molecule has 0 atom stereocenters. The van der Waals surface area contributed by atoms with Crippen LogP contribution < -0.4 is 10.0 Å². The number of imidazole rings is 1. The van der Waals surface area contributed by atoms with Gasteiger partial charge in [0.05, 0.1) is 17.6 Å². The average Bonchev–Trinajstić information content (AvgIpc) is 3.44. The van der Waals surface area contributed by atoms with Crippen LogP contribution in [0, 0.1) is 0 Å². The van der Waals surface area contributed by atoms with Crippen molar-refractivity contribution in [3.05, 3.63) is 66.1 Å². The number of aromatic nitrogens is 3. The summed E-state index contributed by atoms with van der Waals surface area (Å²) in [6.45, 7) is 1.99. The van der Waals surface area contributed by atoms with Gasteiger partial charge in [0, 0.05) is 18.4 Å². The number of furan rings is 1. The molecule has 0 spiro atoms. The molecule has 0 bridgehead atoms. The van der Waals surface area contributed by atoms with Crippen LogP contribution in [0.3, 0.4) is 0 Å². The molecule has 1 aromatic carbocycles. The normalized spacial score (nSPS) is 11.5. The van der Waals surface area contributed by atoms with Crippen LogP contribution >= 0.6 is 0 Å². The number of benzene rings is 1. The lowest BCUT2D eigenvalue weighted by Gasteiger charge is -2.08. The Hall–Kier alpha value is -3.66. The summed E-state index contributed by atoms with van der Waals surface area (Å²) in [5.41, 5.74) is 2.88. The van der Waals surface area contributed by atoms with Gasteiger partial charge in [0.15, 0.2) is 17.2 Å². The molecular weight excluding hydrogens is 418 g/mol. The van der Waals surface area contributed by atoms with Gasteiger partial charge in [-0.05, 0) is 49.2 Å². The lowest BCUT2D eigenvalue weighted by molar-refractivity contribution is 0.0955. The van der Waals surface area contributed by atoms with Crippen molar-refractivity contribution in [1.29, 1.82) is 0 Å². The topological polar surface area (TPSA) is 130 Å². The number of nitrogens with one attached hydrogen (secondary N) is 3. The van der Waals surface area contributed by atoms with E-state index in [1.165, 1.54) is 0 Å². The number of pyridine rings is 1. The zero-order valence-electron chi connectivity index (χ0n) is 16.8. The second-order valence-corrected chi connectivity index (χ2v) is 8.84. The van der Waals surface area contributed by atoms with E-state index in [1.807, 2.05) is 12.1 Å². The summed E-state index contributed by atoms with van der Waals surface area (Å²) in [7, 11) is -3.30. The minimum atomic E-state index is -3.30. The first-order chi connectivity index (χ1) is 14.9. The third-order valence-corrected chi connectivity index (χ3v) is 6.00. The second-order valence-electron chi connectivity index (χ2n) is 6.83. The SMILES string of the molecule is CCS(=O)(=O)Nc1ccc(CCNC(=O)c2ccnc3[nH]c(-c4ccco4)nc23)cc1. The first-order valence-corrected chi connectivity index (χ1v) is 11.4. The van der Waals surface area contributed by atoms with E-state index < -0.39 is 10.0 Å². The van der Waals surface area contributed by atoms with Crippen molar-refractivity contribution in [3.63, 3.8) is 0 Å². The largest absolute Gasteiger partial charge is 0.461 e. The van der Waals surface area contributed by atoms with Gasteiger partial charge in [0.2, 0.25) is 10.0 Å². The highest BCUT2D eigenvalue weighted by Gasteiger charge is 2.16. The number of fused-ring (bicyclic) bond motifs is 1. The molecule has 1 amide bonds. The van der Waals surface area contributed by atoms with Gasteiger partial charge in [0.25, 0.3) is 5.91 Å². The maximum atomic E-state index is 12.7. The molecule has 0 fully saturated rings. The number of hydrogen-bond donors (Lipinski definition) is 3. The van der Waals surface area contributed by atoms with Gasteiger partial charge in [-0.1, -0.05) is 12.1 Å². The quantitative estimate of drug-likeness (QED) is 0.387. The molecule has 160 valence electrons. The third-order valence-electron chi connectivity index (χ3n) is 4.69. The van der Waals surface area contributed by atoms with Crippen LogP contribution in [-0.2, 0) is 16.4 Å². The van der Waals surface area contributed by atoms with Crippen molar-refractivity contribution in [3.8, 4) is 11.6 Å². The van der Waals surface area contributed by atoms with E-state index in [9.17, 15) is 13.2 Å². The fourth-order valence-electron chi connectivity index (χ4n) is 3.03. The van der Waals surface area contributed by atoms with Gasteiger partial charge in [-0.2, -0.15) is 0 Å². The number of rotatable bonds is 8. The highest BCUT2D eigenvalue weighted by Crippen LogP contribution is 2.21. The molecule has 0 radical (unpaired) electrons. The number of anilines is 1. The van der Waals surface area contributed by atoms with Crippen LogP contribution in [-0.4, -0.2) is 41.6 Å². The van der Waals surface area contributed by atoms with Gasteiger partial charge in [0.1, 0.15) is 5.52 Å². The number of aromatic amines is 1. The number of H-pyrrole nitrogens is 1. The molecule has 0 aliphatic heterocycles. The van der Waals surface area contributed by atoms with Gasteiger partial charge >= 0.3 is 0 Å². The predicted octanol–water partition coefficient (Wildman–Crippen LogP) is 2.95. The van der Waals surface area contributed by atoms with Crippen LogP contribution in [0.5, 0.6) is 0 Å². The Labute approximate surface area is 179 Å². The van der Waals surface area contributed by atoms with E-state index in [1.54, 1.807) is 49.7 Å². The molecule has 0 aliphatic rings. The summed E-state index contributed by atoms with van der Waals surface area (Å²) in [5.74, 6) is 0.833. The average molecular weight is 439 g/mol. The van der Waals surface area contributed by atoms with Gasteiger partial charge in [-0.25, -0.2) is 18.4 Å². The first kappa shape index (κ1) is 20.6. The van der Waals surface area contributed by atoms with Gasteiger partial charge in [-0.15, -0.1) is 0 Å². The Balaban J connectivity index is 1.39. The van der Waals surface area contributed by atoms with Crippen LogP contribution in [0.2, 0.25) is 0 Å². The molecule has 0 saturated heterocycles. The summed E-state index contributed by atoms with van der Waals surface area (Å²) >= 11 is 0. The van der Waals surface area contributed by atoms with E-state index in [-0.39, 0.29) is 11.7 Å². The number of hydrogen-bond acceptors (Lipinski definition) is 6. The van der Waals surface area contributed by atoms with E-state index >= 15 is 0 Å². The fourth-order valence-corrected chi connectivity index (χ4v) is 3.67. The molecular formula is C21H21N5O4S. The Morgan fingerprint density at radius 2 is 1.97 bits per heavy atom. The second kappa shape index (κ2) is 8.60. The van der Waals surface area contributed by atoms with Crippen molar-refractivity contribution in [2.75, 3.05) is 17.0 Å². The molecule has 0 saturated carbocycles. The molecule has 3 N–H and O–H groups in total. The van der Waals surface area contributed by atoms with Gasteiger partial charge < -0.3 is 14.7 Å². The molecule has 10 heteroatoms. The summed E-state index contributed by atoms with van der Waals surface area (Å²) in [6.07, 6.45) is 3.70. The maximum Gasteiger partial charge on any atom is 0.253 e. The molecule has 4 rings (SSSR count). The Kier molecular flexibility index (Phi) is 5.72. The monoisotopic (exact) mass is 439 g/mol. The van der Waals surface area contributed by atoms with Crippen molar-refractivity contribution in [2.45, 2.75) is 13.3 Å². The van der Waals surface area contributed by atoms with Crippen molar-refractivity contribution >= 4 is 32.8 Å². The molecule has 4 aromatic rings. The third kappa shape index (κ3) is 4.75. The number of carbonyl (C=O) groups is 1. The van der Waals surface area contributed by atoms with Crippen LogP contribution in [0.4, 0.5) is 5.69 Å². The maximum absolute atomic E-state index is 12.7. The Morgan fingerprint density at radius 3 is 2.68 bits per heavy atom. The molecule has 3 heterocycles. The standard InChI is InChI=1S/C21H21N5O4S/c1-2-31(28,29)26-15-7-5-14(6-8-15)9-11-23-21(27)16-10-12-22-20-18(16)24-19(25-20)17-4-3-13-30-17/h3-8,10,12-13,26H,2,9,11H2,1H3,(H,23,27)(H,22,24,25). The minimum absolute atomic E-state index is 0.0159. The van der Waals surface area contributed by atoms with Crippen molar-refractivity contribution in [1.82, 2.24) is 20.3 Å². The number of nitrogens with zero attached hydrogens (tertiary/aromatic N) is 2. The summed E-state index contributed by atoms with van der Waals surface area (Å²) in [5, 5.41) is 2.89. The molecule has 9 nitrogen and oxygen atoms in total. The zero-order valence-corrected chi connectivity index (χ0v) is 17.6. The van der Waals surface area contributed by atoms with E-state index in [0.29, 0.717) is 47.0 Å². The minimum Gasteiger partial charge on any atom is -0.461 e. The number of carbonyl (C=O) groups excluding carboxylic acids is 1. The molecule has 3 aromatic heterocycles. The van der Waals surface area contributed by atoms with Crippen molar-refractivity contribution < 1.29 is 17.6 Å². The van der Waals surface area contributed by atoms with Crippen LogP contribution in [0.15, 0.2) is 59.3 Å².